The van der Waals surface area contributed by atoms with Crippen molar-refractivity contribution in [1.82, 2.24) is 4.90 Å². The monoisotopic (exact) mass is 357 g/mol. The predicted molar refractivity (Wildman–Crippen MR) is 106 cm³/mol. The van der Waals surface area contributed by atoms with Crippen molar-refractivity contribution in [2.45, 2.75) is 24.5 Å². The van der Waals surface area contributed by atoms with Crippen LogP contribution < -0.4 is 0 Å². The SMILES string of the molecule is CCN(Cc1ccccc1)C(=O)c1ccc(C2SCCCS2)cc1. The van der Waals surface area contributed by atoms with Crippen molar-refractivity contribution in [2.75, 3.05) is 18.1 Å². The van der Waals surface area contributed by atoms with E-state index < -0.39 is 0 Å². The molecule has 2 nitrogen and oxygen atoms in total. The van der Waals surface area contributed by atoms with Crippen LogP contribution in [0.5, 0.6) is 0 Å². The van der Waals surface area contributed by atoms with Crippen LogP contribution >= 0.6 is 23.5 Å². The van der Waals surface area contributed by atoms with E-state index >= 15 is 0 Å². The summed E-state index contributed by atoms with van der Waals surface area (Å²) in [6.07, 6.45) is 1.30. The van der Waals surface area contributed by atoms with Crippen molar-refractivity contribution < 1.29 is 4.79 Å². The summed E-state index contributed by atoms with van der Waals surface area (Å²) in [6.45, 7) is 3.40. The van der Waals surface area contributed by atoms with Crippen molar-refractivity contribution in [3.05, 3.63) is 71.3 Å². The van der Waals surface area contributed by atoms with Gasteiger partial charge in [-0.25, -0.2) is 0 Å². The quantitative estimate of drug-likeness (QED) is 0.732. The molecule has 1 fully saturated rings. The minimum atomic E-state index is 0.108. The molecule has 2 aromatic carbocycles. The lowest BCUT2D eigenvalue weighted by Gasteiger charge is -2.23. The predicted octanol–water partition coefficient (Wildman–Crippen LogP) is 5.22. The van der Waals surface area contributed by atoms with Crippen LogP contribution in [-0.2, 0) is 6.54 Å². The zero-order valence-electron chi connectivity index (χ0n) is 14.0. The summed E-state index contributed by atoms with van der Waals surface area (Å²) in [5.41, 5.74) is 3.27. The number of amides is 1. The van der Waals surface area contributed by atoms with E-state index in [4.69, 9.17) is 0 Å². The van der Waals surface area contributed by atoms with Crippen LogP contribution in [0.4, 0.5) is 0 Å². The van der Waals surface area contributed by atoms with Crippen molar-refractivity contribution in [1.29, 1.82) is 0 Å². The van der Waals surface area contributed by atoms with Crippen LogP contribution in [0.15, 0.2) is 54.6 Å². The second kappa shape index (κ2) is 8.63. The Kier molecular flexibility index (Phi) is 6.27. The van der Waals surface area contributed by atoms with Gasteiger partial charge in [0.05, 0.1) is 4.58 Å². The van der Waals surface area contributed by atoms with Crippen LogP contribution in [0.1, 0.15) is 39.4 Å². The van der Waals surface area contributed by atoms with Gasteiger partial charge < -0.3 is 4.90 Å². The standard InChI is InChI=1S/C20H23NOS2/c1-2-21(15-16-7-4-3-5-8-16)19(22)17-9-11-18(12-10-17)20-23-13-6-14-24-20/h3-5,7-12,20H,2,6,13-15H2,1H3. The Hall–Kier alpha value is -1.39. The van der Waals surface area contributed by atoms with E-state index in [1.54, 1.807) is 0 Å². The molecule has 3 rings (SSSR count). The lowest BCUT2D eigenvalue weighted by molar-refractivity contribution is 0.0752. The van der Waals surface area contributed by atoms with Gasteiger partial charge in [-0.2, -0.15) is 0 Å². The Balaban J connectivity index is 1.68. The molecule has 24 heavy (non-hydrogen) atoms. The fourth-order valence-corrected chi connectivity index (χ4v) is 5.67. The molecule has 1 saturated heterocycles. The van der Waals surface area contributed by atoms with Crippen LogP contribution in [0.2, 0.25) is 0 Å². The molecule has 0 aliphatic carbocycles. The first kappa shape index (κ1) is 17.4. The third-order valence-electron chi connectivity index (χ3n) is 4.14. The minimum absolute atomic E-state index is 0.108. The summed E-state index contributed by atoms with van der Waals surface area (Å²) in [6, 6.07) is 18.4. The van der Waals surface area contributed by atoms with Gasteiger partial charge in [-0.05, 0) is 48.1 Å². The maximum atomic E-state index is 12.8. The summed E-state index contributed by atoms with van der Waals surface area (Å²) in [7, 11) is 0. The first-order valence-corrected chi connectivity index (χ1v) is 10.5. The molecule has 0 bridgehead atoms. The van der Waals surface area contributed by atoms with E-state index in [0.29, 0.717) is 17.7 Å². The average Bonchev–Trinajstić information content (AvgIpc) is 2.67. The van der Waals surface area contributed by atoms with Crippen molar-refractivity contribution in [2.24, 2.45) is 0 Å². The van der Waals surface area contributed by atoms with Gasteiger partial charge in [-0.15, -0.1) is 23.5 Å². The third-order valence-corrected chi connectivity index (χ3v) is 7.16. The van der Waals surface area contributed by atoms with Gasteiger partial charge >= 0.3 is 0 Å². The van der Waals surface area contributed by atoms with Gasteiger partial charge in [0.1, 0.15) is 0 Å². The topological polar surface area (TPSA) is 20.3 Å². The van der Waals surface area contributed by atoms with Gasteiger partial charge in [0.15, 0.2) is 0 Å². The number of thioether (sulfide) groups is 2. The normalized spacial score (nSPS) is 15.2. The molecule has 0 aromatic heterocycles. The largest absolute Gasteiger partial charge is 0.335 e. The molecule has 0 unspecified atom stereocenters. The van der Waals surface area contributed by atoms with Gasteiger partial charge in [-0.3, -0.25) is 4.79 Å². The Bertz CT molecular complexity index is 651. The lowest BCUT2D eigenvalue weighted by Crippen LogP contribution is -2.30. The molecule has 0 radical (unpaired) electrons. The summed E-state index contributed by atoms with van der Waals surface area (Å²) in [4.78, 5) is 14.7. The molecular formula is C20H23NOS2. The van der Waals surface area contributed by atoms with Crippen LogP contribution in [0.25, 0.3) is 0 Å². The van der Waals surface area contributed by atoms with Crippen molar-refractivity contribution in [3.63, 3.8) is 0 Å². The third kappa shape index (κ3) is 4.37. The zero-order chi connectivity index (χ0) is 16.8. The Morgan fingerprint density at radius 3 is 2.33 bits per heavy atom. The van der Waals surface area contributed by atoms with Gasteiger partial charge in [0.25, 0.3) is 5.91 Å². The zero-order valence-corrected chi connectivity index (χ0v) is 15.6. The highest BCUT2D eigenvalue weighted by Gasteiger charge is 2.18. The highest BCUT2D eigenvalue weighted by Crippen LogP contribution is 2.43. The summed E-state index contributed by atoms with van der Waals surface area (Å²) >= 11 is 4.02. The second-order valence-corrected chi connectivity index (χ2v) is 8.58. The summed E-state index contributed by atoms with van der Waals surface area (Å²) < 4.78 is 0.523. The number of carbonyl (C=O) groups excluding carboxylic acids is 1. The fraction of sp³-hybridized carbons (Fsp3) is 0.350. The van der Waals surface area contributed by atoms with E-state index in [2.05, 4.69) is 24.3 Å². The molecule has 1 heterocycles. The minimum Gasteiger partial charge on any atom is -0.335 e. The molecule has 1 amide bonds. The fourth-order valence-electron chi connectivity index (χ4n) is 2.78. The molecule has 2 aromatic rings. The maximum absolute atomic E-state index is 12.8. The number of hydrogen-bond acceptors (Lipinski definition) is 3. The van der Waals surface area contributed by atoms with E-state index in [9.17, 15) is 4.79 Å². The molecule has 1 aliphatic heterocycles. The van der Waals surface area contributed by atoms with Crippen LogP contribution in [0.3, 0.4) is 0 Å². The maximum Gasteiger partial charge on any atom is 0.254 e. The molecule has 0 atom stereocenters. The second-order valence-electron chi connectivity index (χ2n) is 5.85. The first-order valence-electron chi connectivity index (χ1n) is 8.44. The Morgan fingerprint density at radius 2 is 1.71 bits per heavy atom. The van der Waals surface area contributed by atoms with Gasteiger partial charge in [-0.1, -0.05) is 42.5 Å². The van der Waals surface area contributed by atoms with E-state index in [1.807, 2.05) is 65.7 Å². The average molecular weight is 358 g/mol. The number of nitrogens with zero attached hydrogens (tertiary/aromatic N) is 1. The highest BCUT2D eigenvalue weighted by atomic mass is 32.2. The van der Waals surface area contributed by atoms with E-state index in [1.165, 1.54) is 29.1 Å². The van der Waals surface area contributed by atoms with Crippen LogP contribution in [-0.4, -0.2) is 28.9 Å². The number of rotatable bonds is 5. The van der Waals surface area contributed by atoms with E-state index in [0.717, 1.165) is 5.56 Å². The highest BCUT2D eigenvalue weighted by molar-refractivity contribution is 8.16. The smallest absolute Gasteiger partial charge is 0.254 e. The lowest BCUT2D eigenvalue weighted by atomic mass is 10.1. The van der Waals surface area contributed by atoms with Crippen molar-refractivity contribution >= 4 is 29.4 Å². The summed E-state index contributed by atoms with van der Waals surface area (Å²) in [5, 5.41) is 0. The molecule has 4 heteroatoms. The molecule has 0 spiro atoms. The van der Waals surface area contributed by atoms with Crippen LogP contribution in [0, 0.1) is 0 Å². The molecular weight excluding hydrogens is 334 g/mol. The number of benzene rings is 2. The Labute approximate surface area is 153 Å². The van der Waals surface area contributed by atoms with Gasteiger partial charge in [0, 0.05) is 18.7 Å². The number of carbonyl (C=O) groups is 1. The van der Waals surface area contributed by atoms with E-state index in [-0.39, 0.29) is 5.91 Å². The Morgan fingerprint density at radius 1 is 1.04 bits per heavy atom. The number of hydrogen-bond donors (Lipinski definition) is 0. The molecule has 1 aliphatic rings. The first-order chi connectivity index (χ1) is 11.8. The van der Waals surface area contributed by atoms with Gasteiger partial charge in [0.2, 0.25) is 0 Å². The summed E-state index contributed by atoms with van der Waals surface area (Å²) in [5.74, 6) is 2.58. The molecule has 126 valence electrons. The van der Waals surface area contributed by atoms with Crippen molar-refractivity contribution in [3.8, 4) is 0 Å². The molecule has 0 N–H and O–H groups in total. The molecule has 0 saturated carbocycles.